The first-order valence-corrected chi connectivity index (χ1v) is 6.50. The highest BCUT2D eigenvalue weighted by molar-refractivity contribution is 5.96. The van der Waals surface area contributed by atoms with Crippen molar-refractivity contribution in [2.75, 3.05) is 13.1 Å². The summed E-state index contributed by atoms with van der Waals surface area (Å²) in [4.78, 5) is 13.8. The van der Waals surface area contributed by atoms with Crippen LogP contribution in [0.3, 0.4) is 0 Å². The van der Waals surface area contributed by atoms with Gasteiger partial charge in [0.05, 0.1) is 11.1 Å². The van der Waals surface area contributed by atoms with Crippen LogP contribution in [-0.4, -0.2) is 36.0 Å². The number of nitrogens with zero attached hydrogens (tertiary/aromatic N) is 1. The van der Waals surface area contributed by atoms with E-state index in [1.165, 1.54) is 23.1 Å². The van der Waals surface area contributed by atoms with Gasteiger partial charge in [-0.2, -0.15) is 13.2 Å². The quantitative estimate of drug-likeness (QED) is 0.862. The standard InChI is InChI=1S/C14H17F3N2O.ClH/c1-9-7-19(8-10(2)18-9)13(20)11-5-3-4-6-12(11)14(15,16)17;/h3-6,9-10,18H,7-8H2,1-2H3;1H. The van der Waals surface area contributed by atoms with Gasteiger partial charge in [0.2, 0.25) is 0 Å². The minimum Gasteiger partial charge on any atom is -0.336 e. The van der Waals surface area contributed by atoms with Gasteiger partial charge in [0, 0.05) is 25.2 Å². The van der Waals surface area contributed by atoms with Crippen LogP contribution in [0.25, 0.3) is 0 Å². The topological polar surface area (TPSA) is 32.3 Å². The van der Waals surface area contributed by atoms with Gasteiger partial charge in [-0.25, -0.2) is 0 Å². The van der Waals surface area contributed by atoms with E-state index in [0.717, 1.165) is 6.07 Å². The van der Waals surface area contributed by atoms with E-state index in [4.69, 9.17) is 0 Å². The zero-order chi connectivity index (χ0) is 14.9. The van der Waals surface area contributed by atoms with E-state index in [9.17, 15) is 18.0 Å². The molecule has 118 valence electrons. The Labute approximate surface area is 127 Å². The van der Waals surface area contributed by atoms with Gasteiger partial charge in [-0.1, -0.05) is 12.1 Å². The number of amides is 1. The third-order valence-electron chi connectivity index (χ3n) is 3.31. The summed E-state index contributed by atoms with van der Waals surface area (Å²) in [7, 11) is 0. The Hall–Kier alpha value is -1.27. The van der Waals surface area contributed by atoms with Gasteiger partial charge >= 0.3 is 6.18 Å². The predicted octanol–water partition coefficient (Wildman–Crippen LogP) is 2.95. The molecule has 1 aliphatic rings. The van der Waals surface area contributed by atoms with Crippen LogP contribution >= 0.6 is 12.4 Å². The molecule has 0 saturated carbocycles. The van der Waals surface area contributed by atoms with Crippen molar-refractivity contribution in [3.05, 3.63) is 35.4 Å². The first-order chi connectivity index (χ1) is 9.29. The fourth-order valence-electron chi connectivity index (χ4n) is 2.58. The monoisotopic (exact) mass is 322 g/mol. The smallest absolute Gasteiger partial charge is 0.336 e. The Bertz CT molecular complexity index is 497. The SMILES string of the molecule is CC1CN(C(=O)c2ccccc2C(F)(F)F)CC(C)N1.Cl. The minimum atomic E-state index is -4.52. The van der Waals surface area contributed by atoms with Crippen molar-refractivity contribution < 1.29 is 18.0 Å². The molecule has 2 rings (SSSR count). The van der Waals surface area contributed by atoms with Gasteiger partial charge in [0.1, 0.15) is 0 Å². The van der Waals surface area contributed by atoms with Crippen LogP contribution in [0, 0.1) is 0 Å². The zero-order valence-corrected chi connectivity index (χ0v) is 12.6. The van der Waals surface area contributed by atoms with Gasteiger partial charge in [0.25, 0.3) is 5.91 Å². The Morgan fingerprint density at radius 3 is 2.24 bits per heavy atom. The van der Waals surface area contributed by atoms with Crippen LogP contribution in [0.2, 0.25) is 0 Å². The van der Waals surface area contributed by atoms with E-state index in [-0.39, 0.29) is 30.1 Å². The van der Waals surface area contributed by atoms with Crippen LogP contribution in [0.5, 0.6) is 0 Å². The van der Waals surface area contributed by atoms with Crippen molar-refractivity contribution in [3.63, 3.8) is 0 Å². The summed E-state index contributed by atoms with van der Waals surface area (Å²) in [6.07, 6.45) is -4.52. The fraction of sp³-hybridized carbons (Fsp3) is 0.500. The van der Waals surface area contributed by atoms with Crippen molar-refractivity contribution in [1.29, 1.82) is 0 Å². The summed E-state index contributed by atoms with van der Waals surface area (Å²) in [5.41, 5.74) is -1.15. The normalized spacial score (nSPS) is 22.6. The summed E-state index contributed by atoms with van der Waals surface area (Å²) in [5, 5.41) is 3.24. The van der Waals surface area contributed by atoms with Gasteiger partial charge in [-0.3, -0.25) is 4.79 Å². The molecule has 3 nitrogen and oxygen atoms in total. The van der Waals surface area contributed by atoms with E-state index in [0.29, 0.717) is 13.1 Å². The number of hydrogen-bond donors (Lipinski definition) is 1. The molecule has 0 spiro atoms. The third-order valence-corrected chi connectivity index (χ3v) is 3.31. The number of benzene rings is 1. The van der Waals surface area contributed by atoms with Crippen molar-refractivity contribution in [2.45, 2.75) is 32.1 Å². The number of carbonyl (C=O) groups is 1. The molecule has 0 radical (unpaired) electrons. The molecular weight excluding hydrogens is 305 g/mol. The van der Waals surface area contributed by atoms with Crippen LogP contribution in [0.1, 0.15) is 29.8 Å². The first-order valence-electron chi connectivity index (χ1n) is 6.50. The highest BCUT2D eigenvalue weighted by Gasteiger charge is 2.36. The number of rotatable bonds is 1. The molecule has 1 fully saturated rings. The molecule has 2 unspecified atom stereocenters. The lowest BCUT2D eigenvalue weighted by atomic mass is 10.0. The molecule has 1 amide bonds. The molecule has 1 aromatic rings. The maximum Gasteiger partial charge on any atom is 0.417 e. The Balaban J connectivity index is 0.00000220. The summed E-state index contributed by atoms with van der Waals surface area (Å²) in [6, 6.07) is 5.08. The summed E-state index contributed by atoms with van der Waals surface area (Å²) in [5.74, 6) is -0.557. The van der Waals surface area contributed by atoms with Crippen LogP contribution in [0.4, 0.5) is 13.2 Å². The van der Waals surface area contributed by atoms with Crippen LogP contribution in [-0.2, 0) is 6.18 Å². The van der Waals surface area contributed by atoms with E-state index in [1.807, 2.05) is 13.8 Å². The van der Waals surface area contributed by atoms with Crippen LogP contribution in [0.15, 0.2) is 24.3 Å². The second-order valence-electron chi connectivity index (χ2n) is 5.22. The predicted molar refractivity (Wildman–Crippen MR) is 76.7 cm³/mol. The number of nitrogens with one attached hydrogen (secondary N) is 1. The number of halogens is 4. The summed E-state index contributed by atoms with van der Waals surface area (Å²) < 4.78 is 38.8. The first kappa shape index (κ1) is 17.8. The number of carbonyl (C=O) groups excluding carboxylic acids is 1. The highest BCUT2D eigenvalue weighted by atomic mass is 35.5. The van der Waals surface area contributed by atoms with Crippen LogP contribution < -0.4 is 5.32 Å². The third kappa shape index (κ3) is 4.11. The summed E-state index contributed by atoms with van der Waals surface area (Å²) >= 11 is 0. The maximum atomic E-state index is 12.9. The Morgan fingerprint density at radius 2 is 1.71 bits per heavy atom. The molecule has 1 N–H and O–H groups in total. The largest absolute Gasteiger partial charge is 0.417 e. The van der Waals surface area contributed by atoms with Crippen molar-refractivity contribution in [3.8, 4) is 0 Å². The van der Waals surface area contributed by atoms with Gasteiger partial charge < -0.3 is 10.2 Å². The van der Waals surface area contributed by atoms with Crippen molar-refractivity contribution in [2.24, 2.45) is 0 Å². The number of hydrogen-bond acceptors (Lipinski definition) is 2. The molecular formula is C14H18ClF3N2O. The molecule has 1 aromatic carbocycles. The van der Waals surface area contributed by atoms with Gasteiger partial charge in [0.15, 0.2) is 0 Å². The molecule has 2 atom stereocenters. The number of piperazine rings is 1. The second-order valence-corrected chi connectivity index (χ2v) is 5.22. The highest BCUT2D eigenvalue weighted by Crippen LogP contribution is 2.32. The molecule has 1 aliphatic heterocycles. The maximum absolute atomic E-state index is 12.9. The Kier molecular flexibility index (Phi) is 5.64. The molecule has 0 aliphatic carbocycles. The molecule has 21 heavy (non-hydrogen) atoms. The van der Waals surface area contributed by atoms with E-state index in [2.05, 4.69) is 5.32 Å². The molecule has 1 saturated heterocycles. The average molecular weight is 323 g/mol. The van der Waals surface area contributed by atoms with Gasteiger partial charge in [-0.05, 0) is 26.0 Å². The van der Waals surface area contributed by atoms with Crippen molar-refractivity contribution >= 4 is 18.3 Å². The van der Waals surface area contributed by atoms with Crippen molar-refractivity contribution in [1.82, 2.24) is 10.2 Å². The zero-order valence-electron chi connectivity index (χ0n) is 11.8. The molecule has 0 bridgehead atoms. The summed E-state index contributed by atoms with van der Waals surface area (Å²) in [6.45, 7) is 4.64. The Morgan fingerprint density at radius 1 is 1.19 bits per heavy atom. The molecule has 0 aromatic heterocycles. The lowest BCUT2D eigenvalue weighted by Gasteiger charge is -2.36. The average Bonchev–Trinajstić information content (AvgIpc) is 2.35. The molecule has 1 heterocycles. The lowest BCUT2D eigenvalue weighted by molar-refractivity contribution is -0.138. The number of alkyl halides is 3. The van der Waals surface area contributed by atoms with Gasteiger partial charge in [-0.15, -0.1) is 12.4 Å². The van der Waals surface area contributed by atoms with E-state index < -0.39 is 17.6 Å². The second kappa shape index (κ2) is 6.66. The molecule has 7 heteroatoms. The lowest BCUT2D eigenvalue weighted by Crippen LogP contribution is -2.56. The minimum absolute atomic E-state index is 0. The fourth-order valence-corrected chi connectivity index (χ4v) is 2.58. The van der Waals surface area contributed by atoms with E-state index >= 15 is 0 Å². The van der Waals surface area contributed by atoms with E-state index in [1.54, 1.807) is 0 Å².